The van der Waals surface area contributed by atoms with Crippen LogP contribution in [0.4, 0.5) is 0 Å². The Morgan fingerprint density at radius 1 is 1.33 bits per heavy atom. The number of carbonyl (C=O) groups excluding carboxylic acids is 2. The number of aliphatic carboxylic acids is 1. The predicted molar refractivity (Wildman–Crippen MR) is 63.7 cm³/mol. The molecule has 0 aromatic heterocycles. The van der Waals surface area contributed by atoms with E-state index in [0.29, 0.717) is 0 Å². The Morgan fingerprint density at radius 2 is 1.89 bits per heavy atom. The Bertz CT molecular complexity index is 322. The lowest BCUT2D eigenvalue weighted by Gasteiger charge is -2.20. The normalized spacial score (nSPS) is 12.7. The molecule has 0 spiro atoms. The first-order chi connectivity index (χ1) is 8.15. The van der Waals surface area contributed by atoms with Gasteiger partial charge >= 0.3 is 11.9 Å². The third-order valence-corrected chi connectivity index (χ3v) is 1.88. The van der Waals surface area contributed by atoms with Crippen LogP contribution >= 0.6 is 0 Å². The van der Waals surface area contributed by atoms with E-state index in [1.807, 2.05) is 0 Å². The molecular formula is C11H20N2O5. The minimum absolute atomic E-state index is 0.0318. The molecule has 1 atom stereocenters. The Balaban J connectivity index is 4.24. The van der Waals surface area contributed by atoms with Gasteiger partial charge in [0.05, 0.1) is 6.54 Å². The highest BCUT2D eigenvalue weighted by Gasteiger charge is 2.22. The van der Waals surface area contributed by atoms with Gasteiger partial charge in [-0.25, -0.2) is 4.79 Å². The summed E-state index contributed by atoms with van der Waals surface area (Å²) in [6, 6.07) is -1.13. The number of carboxylic acids is 1. The largest absolute Gasteiger partial charge is 0.480 e. The van der Waals surface area contributed by atoms with E-state index in [0.717, 1.165) is 0 Å². The SMILES string of the molecule is CC(C)(C)OC(=O)CCC(NC(=O)CN)C(=O)O. The Morgan fingerprint density at radius 3 is 2.28 bits per heavy atom. The van der Waals surface area contributed by atoms with Gasteiger partial charge in [-0.15, -0.1) is 0 Å². The summed E-state index contributed by atoms with van der Waals surface area (Å²) in [5.41, 5.74) is 4.45. The van der Waals surface area contributed by atoms with Gasteiger partial charge in [0, 0.05) is 6.42 Å². The van der Waals surface area contributed by atoms with Gasteiger partial charge < -0.3 is 20.9 Å². The summed E-state index contributed by atoms with van der Waals surface area (Å²) in [6.45, 7) is 4.86. The number of amides is 1. The summed E-state index contributed by atoms with van der Waals surface area (Å²) >= 11 is 0. The van der Waals surface area contributed by atoms with Crippen LogP contribution in [0.1, 0.15) is 33.6 Å². The van der Waals surface area contributed by atoms with Crippen molar-refractivity contribution in [2.24, 2.45) is 5.73 Å². The van der Waals surface area contributed by atoms with Crippen LogP contribution in [-0.4, -0.2) is 41.1 Å². The molecule has 104 valence electrons. The zero-order valence-electron chi connectivity index (χ0n) is 10.9. The second-order valence-electron chi connectivity index (χ2n) is 4.79. The van der Waals surface area contributed by atoms with E-state index in [2.05, 4.69) is 5.32 Å². The predicted octanol–water partition coefficient (Wildman–Crippen LogP) is -0.364. The molecule has 0 heterocycles. The summed E-state index contributed by atoms with van der Waals surface area (Å²) in [5, 5.41) is 11.1. The van der Waals surface area contributed by atoms with Crippen molar-refractivity contribution >= 4 is 17.8 Å². The van der Waals surface area contributed by atoms with Gasteiger partial charge in [0.25, 0.3) is 0 Å². The Kier molecular flexibility index (Phi) is 6.32. The van der Waals surface area contributed by atoms with Crippen molar-refractivity contribution in [3.63, 3.8) is 0 Å². The molecule has 0 radical (unpaired) electrons. The van der Waals surface area contributed by atoms with Crippen LogP contribution in [-0.2, 0) is 19.1 Å². The number of ether oxygens (including phenoxy) is 1. The molecule has 0 aliphatic carbocycles. The highest BCUT2D eigenvalue weighted by atomic mass is 16.6. The van der Waals surface area contributed by atoms with Crippen LogP contribution < -0.4 is 11.1 Å². The molecule has 18 heavy (non-hydrogen) atoms. The molecule has 1 unspecified atom stereocenters. The number of nitrogens with two attached hydrogens (primary N) is 1. The summed E-state index contributed by atoms with van der Waals surface area (Å²) < 4.78 is 5.03. The lowest BCUT2D eigenvalue weighted by Crippen LogP contribution is -2.43. The van der Waals surface area contributed by atoms with E-state index in [-0.39, 0.29) is 19.4 Å². The lowest BCUT2D eigenvalue weighted by atomic mass is 10.1. The van der Waals surface area contributed by atoms with E-state index >= 15 is 0 Å². The lowest BCUT2D eigenvalue weighted by molar-refractivity contribution is -0.155. The van der Waals surface area contributed by atoms with Crippen molar-refractivity contribution < 1.29 is 24.2 Å². The average molecular weight is 260 g/mol. The summed E-state index contributed by atoms with van der Waals surface area (Å²) in [5.74, 6) is -2.29. The number of carbonyl (C=O) groups is 3. The summed E-state index contributed by atoms with van der Waals surface area (Å²) in [6.07, 6.45) is -0.116. The van der Waals surface area contributed by atoms with Gasteiger partial charge in [0.1, 0.15) is 11.6 Å². The van der Waals surface area contributed by atoms with Gasteiger partial charge in [0.2, 0.25) is 5.91 Å². The van der Waals surface area contributed by atoms with Gasteiger partial charge in [-0.3, -0.25) is 9.59 Å². The molecule has 0 saturated heterocycles. The second-order valence-corrected chi connectivity index (χ2v) is 4.79. The van der Waals surface area contributed by atoms with Crippen LogP contribution in [0.2, 0.25) is 0 Å². The number of nitrogens with one attached hydrogen (secondary N) is 1. The molecule has 0 bridgehead atoms. The first-order valence-corrected chi connectivity index (χ1v) is 5.60. The molecule has 7 nitrogen and oxygen atoms in total. The van der Waals surface area contributed by atoms with E-state index in [4.69, 9.17) is 15.6 Å². The highest BCUT2D eigenvalue weighted by Crippen LogP contribution is 2.10. The first kappa shape index (κ1) is 16.4. The molecule has 0 rings (SSSR count). The number of carboxylic acid groups (broad SMARTS) is 1. The van der Waals surface area contributed by atoms with Gasteiger partial charge in [-0.1, -0.05) is 0 Å². The van der Waals surface area contributed by atoms with Crippen molar-refractivity contribution in [3.05, 3.63) is 0 Å². The van der Waals surface area contributed by atoms with E-state index < -0.39 is 29.5 Å². The second kappa shape index (κ2) is 6.95. The molecule has 4 N–H and O–H groups in total. The van der Waals surface area contributed by atoms with Gasteiger partial charge in [-0.05, 0) is 27.2 Å². The zero-order valence-corrected chi connectivity index (χ0v) is 10.9. The Hall–Kier alpha value is -1.63. The van der Waals surface area contributed by atoms with Crippen LogP contribution in [0.5, 0.6) is 0 Å². The fourth-order valence-corrected chi connectivity index (χ4v) is 1.17. The first-order valence-electron chi connectivity index (χ1n) is 5.60. The van der Waals surface area contributed by atoms with Crippen LogP contribution in [0.25, 0.3) is 0 Å². The number of esters is 1. The number of rotatable bonds is 6. The maximum atomic E-state index is 11.4. The maximum Gasteiger partial charge on any atom is 0.326 e. The van der Waals surface area contributed by atoms with Crippen molar-refractivity contribution in [3.8, 4) is 0 Å². The van der Waals surface area contributed by atoms with E-state index in [9.17, 15) is 14.4 Å². The quantitative estimate of drug-likeness (QED) is 0.561. The molecule has 0 aliphatic rings. The molecule has 0 aromatic carbocycles. The number of hydrogen-bond donors (Lipinski definition) is 3. The van der Waals surface area contributed by atoms with Gasteiger partial charge in [0.15, 0.2) is 0 Å². The molecular weight excluding hydrogens is 240 g/mol. The Labute approximate surface area is 106 Å². The smallest absolute Gasteiger partial charge is 0.326 e. The topological polar surface area (TPSA) is 119 Å². The van der Waals surface area contributed by atoms with Crippen molar-refractivity contribution in [2.45, 2.75) is 45.3 Å². The third-order valence-electron chi connectivity index (χ3n) is 1.88. The van der Waals surface area contributed by atoms with Crippen molar-refractivity contribution in [2.75, 3.05) is 6.54 Å². The van der Waals surface area contributed by atoms with Crippen LogP contribution in [0, 0.1) is 0 Å². The van der Waals surface area contributed by atoms with Crippen LogP contribution in [0.15, 0.2) is 0 Å². The fourth-order valence-electron chi connectivity index (χ4n) is 1.17. The monoisotopic (exact) mass is 260 g/mol. The van der Waals surface area contributed by atoms with Gasteiger partial charge in [-0.2, -0.15) is 0 Å². The van der Waals surface area contributed by atoms with E-state index in [1.165, 1.54) is 0 Å². The highest BCUT2D eigenvalue weighted by molar-refractivity contribution is 5.84. The maximum absolute atomic E-state index is 11.4. The van der Waals surface area contributed by atoms with Crippen molar-refractivity contribution in [1.82, 2.24) is 5.32 Å². The molecule has 0 aliphatic heterocycles. The minimum Gasteiger partial charge on any atom is -0.480 e. The molecule has 0 saturated carbocycles. The molecule has 0 fully saturated rings. The van der Waals surface area contributed by atoms with E-state index in [1.54, 1.807) is 20.8 Å². The fraction of sp³-hybridized carbons (Fsp3) is 0.727. The molecule has 7 heteroatoms. The van der Waals surface area contributed by atoms with Crippen LogP contribution in [0.3, 0.4) is 0 Å². The standard InChI is InChI=1S/C11H20N2O5/c1-11(2,3)18-9(15)5-4-7(10(16)17)13-8(14)6-12/h7H,4-6,12H2,1-3H3,(H,13,14)(H,16,17). The average Bonchev–Trinajstić information content (AvgIpc) is 2.20. The minimum atomic E-state index is -1.21. The molecule has 1 amide bonds. The number of hydrogen-bond acceptors (Lipinski definition) is 5. The summed E-state index contributed by atoms with van der Waals surface area (Å²) in [7, 11) is 0. The van der Waals surface area contributed by atoms with Crippen molar-refractivity contribution in [1.29, 1.82) is 0 Å². The molecule has 0 aromatic rings. The third kappa shape index (κ3) is 7.61. The summed E-state index contributed by atoms with van der Waals surface area (Å²) in [4.78, 5) is 33.2. The zero-order chi connectivity index (χ0) is 14.3.